The number of rotatable bonds is 0. The van der Waals surface area contributed by atoms with Crippen molar-refractivity contribution in [1.82, 2.24) is 0 Å². The molecule has 0 radical (unpaired) electrons. The molecule has 1 aliphatic heterocycles. The lowest BCUT2D eigenvalue weighted by molar-refractivity contribution is 0.218. The molecule has 2 aromatic carbocycles. The Hall–Kier alpha value is -1.51. The topological polar surface area (TPSA) is 29.5 Å². The molecule has 0 fully saturated rings. The summed E-state index contributed by atoms with van der Waals surface area (Å²) in [6.45, 7) is 0.459. The van der Waals surface area contributed by atoms with E-state index in [1.54, 1.807) is 12.1 Å². The number of halogens is 1. The number of hydrogen-bond acceptors (Lipinski definition) is 2. The van der Waals surface area contributed by atoms with E-state index in [2.05, 4.69) is 0 Å². The third-order valence-corrected chi connectivity index (χ3v) is 3.24. The maximum absolute atomic E-state index is 10.4. The Morgan fingerprint density at radius 2 is 1.94 bits per heavy atom. The summed E-state index contributed by atoms with van der Waals surface area (Å²) in [5.41, 5.74) is 2.67. The third kappa shape index (κ3) is 1.79. The molecule has 0 saturated heterocycles. The van der Waals surface area contributed by atoms with E-state index in [1.165, 1.54) is 0 Å². The van der Waals surface area contributed by atoms with Gasteiger partial charge in [0, 0.05) is 10.6 Å². The molecule has 2 aromatic rings. The normalized spacial score (nSPS) is 17.6. The van der Waals surface area contributed by atoms with Gasteiger partial charge < -0.3 is 9.84 Å². The van der Waals surface area contributed by atoms with Gasteiger partial charge in [-0.25, -0.2) is 0 Å². The Labute approximate surface area is 104 Å². The fraction of sp³-hybridized carbons (Fsp3) is 0.143. The lowest BCUT2D eigenvalue weighted by Gasteiger charge is -2.12. The smallest absolute Gasteiger partial charge is 0.127 e. The van der Waals surface area contributed by atoms with Crippen LogP contribution in [0.2, 0.25) is 5.02 Å². The van der Waals surface area contributed by atoms with Crippen LogP contribution in [0.3, 0.4) is 0 Å². The molecule has 0 spiro atoms. The van der Waals surface area contributed by atoms with Gasteiger partial charge in [0.05, 0.1) is 0 Å². The zero-order valence-electron chi connectivity index (χ0n) is 9.06. The maximum Gasteiger partial charge on any atom is 0.127 e. The molecule has 0 aromatic heterocycles. The first-order valence-electron chi connectivity index (χ1n) is 5.44. The molecule has 0 bridgehead atoms. The van der Waals surface area contributed by atoms with E-state index in [-0.39, 0.29) is 0 Å². The van der Waals surface area contributed by atoms with E-state index < -0.39 is 6.10 Å². The highest BCUT2D eigenvalue weighted by molar-refractivity contribution is 6.30. The molecule has 1 aliphatic rings. The highest BCUT2D eigenvalue weighted by Crippen LogP contribution is 2.36. The van der Waals surface area contributed by atoms with E-state index >= 15 is 0 Å². The minimum Gasteiger partial charge on any atom is -0.488 e. The molecular weight excluding hydrogens is 236 g/mol. The molecule has 1 N–H and O–H groups in total. The molecule has 17 heavy (non-hydrogen) atoms. The van der Waals surface area contributed by atoms with Crippen LogP contribution in [-0.4, -0.2) is 5.11 Å². The van der Waals surface area contributed by atoms with Gasteiger partial charge in [-0.05, 0) is 23.3 Å². The van der Waals surface area contributed by atoms with Gasteiger partial charge in [-0.2, -0.15) is 0 Å². The van der Waals surface area contributed by atoms with Crippen LogP contribution >= 0.6 is 11.6 Å². The van der Waals surface area contributed by atoms with Crippen molar-refractivity contribution in [1.29, 1.82) is 0 Å². The number of benzene rings is 2. The fourth-order valence-electron chi connectivity index (χ4n) is 2.11. The standard InChI is InChI=1S/C14H11ClO2/c15-10-5-6-12-13(7-10)17-8-9-3-1-2-4-11(9)14(12)16/h1-7,14,16H,8H2. The van der Waals surface area contributed by atoms with Crippen molar-refractivity contribution in [2.75, 3.05) is 0 Å². The van der Waals surface area contributed by atoms with Gasteiger partial charge in [-0.15, -0.1) is 0 Å². The summed E-state index contributed by atoms with van der Waals surface area (Å²) in [6.07, 6.45) is -0.652. The average molecular weight is 247 g/mol. The van der Waals surface area contributed by atoms with Crippen molar-refractivity contribution in [2.24, 2.45) is 0 Å². The number of aliphatic hydroxyl groups excluding tert-OH is 1. The Morgan fingerprint density at radius 1 is 1.12 bits per heavy atom. The number of ether oxygens (including phenoxy) is 1. The van der Waals surface area contributed by atoms with Gasteiger partial charge >= 0.3 is 0 Å². The van der Waals surface area contributed by atoms with Crippen molar-refractivity contribution in [3.63, 3.8) is 0 Å². The van der Waals surface area contributed by atoms with Gasteiger partial charge in [0.1, 0.15) is 18.5 Å². The zero-order valence-corrected chi connectivity index (χ0v) is 9.82. The lowest BCUT2D eigenvalue weighted by Crippen LogP contribution is -2.00. The number of fused-ring (bicyclic) bond motifs is 2. The maximum atomic E-state index is 10.4. The number of hydrogen-bond donors (Lipinski definition) is 1. The van der Waals surface area contributed by atoms with Gasteiger partial charge in [0.25, 0.3) is 0 Å². The van der Waals surface area contributed by atoms with E-state index in [0.29, 0.717) is 17.4 Å². The van der Waals surface area contributed by atoms with Gasteiger partial charge in [0.15, 0.2) is 0 Å². The molecule has 3 rings (SSSR count). The Kier molecular flexibility index (Phi) is 2.54. The predicted octanol–water partition coefficient (Wildman–Crippen LogP) is 3.31. The van der Waals surface area contributed by atoms with E-state index in [1.807, 2.05) is 30.3 Å². The van der Waals surface area contributed by atoms with E-state index in [9.17, 15) is 5.11 Å². The quantitative estimate of drug-likeness (QED) is 0.773. The van der Waals surface area contributed by atoms with Crippen molar-refractivity contribution < 1.29 is 9.84 Å². The van der Waals surface area contributed by atoms with Crippen molar-refractivity contribution >= 4 is 11.6 Å². The van der Waals surface area contributed by atoms with Crippen molar-refractivity contribution in [2.45, 2.75) is 12.7 Å². The second-order valence-corrected chi connectivity index (χ2v) is 4.51. The van der Waals surface area contributed by atoms with Crippen molar-refractivity contribution in [3.05, 3.63) is 64.2 Å². The first-order chi connectivity index (χ1) is 8.25. The van der Waals surface area contributed by atoms with Crippen LogP contribution in [-0.2, 0) is 6.61 Å². The van der Waals surface area contributed by atoms with E-state index in [4.69, 9.17) is 16.3 Å². The van der Waals surface area contributed by atoms with Crippen LogP contribution in [0.4, 0.5) is 0 Å². The Morgan fingerprint density at radius 3 is 2.82 bits per heavy atom. The van der Waals surface area contributed by atoms with Crippen LogP contribution in [0.5, 0.6) is 5.75 Å². The summed E-state index contributed by atoms with van der Waals surface area (Å²) in [6, 6.07) is 13.1. The molecule has 0 saturated carbocycles. The molecule has 1 heterocycles. The molecule has 86 valence electrons. The highest BCUT2D eigenvalue weighted by Gasteiger charge is 2.22. The monoisotopic (exact) mass is 246 g/mol. The minimum absolute atomic E-state index is 0.459. The first kappa shape index (κ1) is 10.6. The van der Waals surface area contributed by atoms with Gasteiger partial charge in [0.2, 0.25) is 0 Å². The molecule has 3 heteroatoms. The molecule has 0 amide bonds. The second-order valence-electron chi connectivity index (χ2n) is 4.07. The minimum atomic E-state index is -0.652. The highest BCUT2D eigenvalue weighted by atomic mass is 35.5. The lowest BCUT2D eigenvalue weighted by atomic mass is 9.98. The summed E-state index contributed by atoms with van der Waals surface area (Å²) in [7, 11) is 0. The largest absolute Gasteiger partial charge is 0.488 e. The first-order valence-corrected chi connectivity index (χ1v) is 5.81. The Balaban J connectivity index is 2.16. The number of aliphatic hydroxyl groups is 1. The zero-order chi connectivity index (χ0) is 11.8. The fourth-order valence-corrected chi connectivity index (χ4v) is 2.28. The molecule has 1 unspecified atom stereocenters. The van der Waals surface area contributed by atoms with Crippen LogP contribution in [0.1, 0.15) is 22.8 Å². The second kappa shape index (κ2) is 4.06. The van der Waals surface area contributed by atoms with Gasteiger partial charge in [-0.1, -0.05) is 41.9 Å². The van der Waals surface area contributed by atoms with Crippen LogP contribution in [0.15, 0.2) is 42.5 Å². The van der Waals surface area contributed by atoms with Gasteiger partial charge in [-0.3, -0.25) is 0 Å². The van der Waals surface area contributed by atoms with Crippen molar-refractivity contribution in [3.8, 4) is 5.75 Å². The SMILES string of the molecule is OC1c2ccccc2COc2cc(Cl)ccc21. The predicted molar refractivity (Wildman–Crippen MR) is 66.3 cm³/mol. The van der Waals surface area contributed by atoms with Crippen LogP contribution < -0.4 is 4.74 Å². The summed E-state index contributed by atoms with van der Waals surface area (Å²) < 4.78 is 5.68. The summed E-state index contributed by atoms with van der Waals surface area (Å²) in [5.74, 6) is 0.654. The van der Waals surface area contributed by atoms with E-state index in [0.717, 1.165) is 16.7 Å². The summed E-state index contributed by atoms with van der Waals surface area (Å²) >= 11 is 5.93. The molecular formula is C14H11ClO2. The Bertz CT molecular complexity index is 566. The van der Waals surface area contributed by atoms with Crippen LogP contribution in [0.25, 0.3) is 0 Å². The third-order valence-electron chi connectivity index (χ3n) is 3.00. The average Bonchev–Trinajstić information content (AvgIpc) is 2.48. The summed E-state index contributed by atoms with van der Waals surface area (Å²) in [4.78, 5) is 0. The molecule has 1 atom stereocenters. The molecule has 2 nitrogen and oxygen atoms in total. The summed E-state index contributed by atoms with van der Waals surface area (Å²) in [5, 5.41) is 11.0. The molecule has 0 aliphatic carbocycles. The van der Waals surface area contributed by atoms with Crippen LogP contribution in [0, 0.1) is 0 Å².